The summed E-state index contributed by atoms with van der Waals surface area (Å²) in [6.45, 7) is 1.57. The third kappa shape index (κ3) is 3.14. The Morgan fingerprint density at radius 1 is 1.10 bits per heavy atom. The molecule has 1 saturated heterocycles. The van der Waals surface area contributed by atoms with Gasteiger partial charge in [0, 0.05) is 5.39 Å². The second-order valence-electron chi connectivity index (χ2n) is 6.76. The summed E-state index contributed by atoms with van der Waals surface area (Å²) in [7, 11) is 1.51. The van der Waals surface area contributed by atoms with E-state index in [9.17, 15) is 14.4 Å². The van der Waals surface area contributed by atoms with Crippen LogP contribution in [0.2, 0.25) is 0 Å². The highest BCUT2D eigenvalue weighted by atomic mass is 16.5. The summed E-state index contributed by atoms with van der Waals surface area (Å²) >= 11 is 0. The highest BCUT2D eigenvalue weighted by Gasteiger charge is 2.50. The predicted molar refractivity (Wildman–Crippen MR) is 105 cm³/mol. The maximum Gasteiger partial charge on any atom is 0.344 e. The summed E-state index contributed by atoms with van der Waals surface area (Å²) in [4.78, 5) is 42.3. The molecule has 8 nitrogen and oxygen atoms in total. The molecule has 1 fully saturated rings. The lowest BCUT2D eigenvalue weighted by atomic mass is 9.92. The number of hydrazine groups is 1. The Hall–Kier alpha value is -3.94. The first-order valence-corrected chi connectivity index (χ1v) is 8.90. The first-order chi connectivity index (χ1) is 13.9. The fourth-order valence-corrected chi connectivity index (χ4v) is 3.22. The molecule has 4 rings (SSSR count). The lowest BCUT2D eigenvalue weighted by Gasteiger charge is -2.22. The Kier molecular flexibility index (Phi) is 4.38. The quantitative estimate of drug-likeness (QED) is 0.666. The van der Waals surface area contributed by atoms with Crippen molar-refractivity contribution in [3.05, 3.63) is 71.9 Å². The number of hydrogen-bond donors (Lipinski definition) is 2. The molecule has 1 aliphatic rings. The molecule has 2 heterocycles. The zero-order valence-corrected chi connectivity index (χ0v) is 15.8. The summed E-state index contributed by atoms with van der Waals surface area (Å²) in [5, 5.41) is 4.19. The van der Waals surface area contributed by atoms with Crippen LogP contribution in [0.4, 0.5) is 4.79 Å². The van der Waals surface area contributed by atoms with Gasteiger partial charge >= 0.3 is 6.03 Å². The summed E-state index contributed by atoms with van der Waals surface area (Å²) in [6, 6.07) is 16.7. The molecule has 0 spiro atoms. The first-order valence-electron chi connectivity index (χ1n) is 8.90. The normalized spacial score (nSPS) is 18.6. The molecule has 0 bridgehead atoms. The van der Waals surface area contributed by atoms with Crippen LogP contribution in [0.15, 0.2) is 60.7 Å². The zero-order valence-electron chi connectivity index (χ0n) is 15.8. The van der Waals surface area contributed by atoms with E-state index < -0.39 is 23.4 Å². The Morgan fingerprint density at radius 3 is 2.69 bits per heavy atom. The summed E-state index contributed by atoms with van der Waals surface area (Å²) in [6.07, 6.45) is 0. The van der Waals surface area contributed by atoms with Crippen molar-refractivity contribution in [3.63, 3.8) is 0 Å². The largest absolute Gasteiger partial charge is 0.497 e. The van der Waals surface area contributed by atoms with E-state index in [1.807, 2.05) is 18.2 Å². The number of pyridine rings is 1. The Bertz CT molecular complexity index is 1150. The summed E-state index contributed by atoms with van der Waals surface area (Å²) in [5.74, 6) is -0.715. The van der Waals surface area contributed by atoms with Gasteiger partial charge in [-0.15, -0.1) is 0 Å². The molecule has 1 aliphatic heterocycles. The first kappa shape index (κ1) is 18.4. The molecule has 29 heavy (non-hydrogen) atoms. The van der Waals surface area contributed by atoms with E-state index >= 15 is 0 Å². The van der Waals surface area contributed by atoms with E-state index in [1.165, 1.54) is 13.2 Å². The van der Waals surface area contributed by atoms with Crippen molar-refractivity contribution in [1.29, 1.82) is 0 Å². The molecule has 1 atom stereocenters. The van der Waals surface area contributed by atoms with Gasteiger partial charge in [0.2, 0.25) is 0 Å². The third-order valence-corrected chi connectivity index (χ3v) is 4.88. The molecule has 0 aliphatic carbocycles. The van der Waals surface area contributed by atoms with Crippen LogP contribution in [0, 0.1) is 0 Å². The molecule has 0 saturated carbocycles. The van der Waals surface area contributed by atoms with Crippen molar-refractivity contribution in [2.75, 3.05) is 7.11 Å². The number of methoxy groups -OCH3 is 1. The summed E-state index contributed by atoms with van der Waals surface area (Å²) < 4.78 is 5.19. The van der Waals surface area contributed by atoms with Gasteiger partial charge in [-0.05, 0) is 36.8 Å². The van der Waals surface area contributed by atoms with Crippen molar-refractivity contribution in [2.45, 2.75) is 12.5 Å². The molecule has 146 valence electrons. The highest BCUT2D eigenvalue weighted by molar-refractivity contribution is 6.09. The number of fused-ring (bicyclic) bond motifs is 1. The number of urea groups is 1. The van der Waals surface area contributed by atoms with E-state index in [0.717, 1.165) is 5.39 Å². The highest BCUT2D eigenvalue weighted by Crippen LogP contribution is 2.30. The van der Waals surface area contributed by atoms with Gasteiger partial charge in [-0.3, -0.25) is 15.0 Å². The van der Waals surface area contributed by atoms with Crippen molar-refractivity contribution in [1.82, 2.24) is 20.7 Å². The lowest BCUT2D eigenvalue weighted by molar-refractivity contribution is -0.132. The molecule has 1 aromatic heterocycles. The monoisotopic (exact) mass is 390 g/mol. The molecule has 1 unspecified atom stereocenters. The number of carbonyl (C=O) groups is 3. The van der Waals surface area contributed by atoms with Crippen LogP contribution in [-0.4, -0.2) is 34.9 Å². The molecule has 3 aromatic rings. The number of hydrogen-bond acceptors (Lipinski definition) is 5. The van der Waals surface area contributed by atoms with Gasteiger partial charge in [0.25, 0.3) is 11.8 Å². The Balaban J connectivity index is 1.59. The number of benzene rings is 2. The van der Waals surface area contributed by atoms with Crippen LogP contribution in [0.5, 0.6) is 5.75 Å². The van der Waals surface area contributed by atoms with E-state index in [-0.39, 0.29) is 5.69 Å². The number of carbonyl (C=O) groups excluding carboxylic acids is 3. The number of imide groups is 1. The standard InChI is InChI=1S/C21H18N4O4/c1-21(14-7-5-8-15(12-14)29-2)19(27)25(20(28)23-21)24-18(26)17-11-10-13-6-3-4-9-16(13)22-17/h3-12H,1-2H3,(H,23,28)(H,24,26). The van der Waals surface area contributed by atoms with Crippen LogP contribution in [-0.2, 0) is 10.3 Å². The Morgan fingerprint density at radius 2 is 1.90 bits per heavy atom. The van der Waals surface area contributed by atoms with Crippen molar-refractivity contribution < 1.29 is 19.1 Å². The molecular formula is C21H18N4O4. The maximum absolute atomic E-state index is 13.0. The van der Waals surface area contributed by atoms with Crippen molar-refractivity contribution in [2.24, 2.45) is 0 Å². The minimum absolute atomic E-state index is 0.0966. The average Bonchev–Trinajstić information content (AvgIpc) is 2.97. The van der Waals surface area contributed by atoms with E-state index in [1.54, 1.807) is 43.3 Å². The van der Waals surface area contributed by atoms with Gasteiger partial charge in [0.15, 0.2) is 0 Å². The van der Waals surface area contributed by atoms with E-state index in [4.69, 9.17) is 4.74 Å². The number of rotatable bonds is 4. The SMILES string of the molecule is COc1cccc(C2(C)NC(=O)N(NC(=O)c3ccc4ccccc4n3)C2=O)c1. The van der Waals surface area contributed by atoms with E-state index in [0.29, 0.717) is 21.8 Å². The Labute approximate surface area is 166 Å². The molecule has 8 heteroatoms. The van der Waals surface area contributed by atoms with Gasteiger partial charge in [0.05, 0.1) is 12.6 Å². The van der Waals surface area contributed by atoms with Crippen molar-refractivity contribution in [3.8, 4) is 5.75 Å². The van der Waals surface area contributed by atoms with Gasteiger partial charge in [-0.1, -0.05) is 36.4 Å². The molecule has 2 aromatic carbocycles. The van der Waals surface area contributed by atoms with Crippen LogP contribution in [0.1, 0.15) is 23.0 Å². The topological polar surface area (TPSA) is 101 Å². The van der Waals surface area contributed by atoms with E-state index in [2.05, 4.69) is 15.7 Å². The minimum Gasteiger partial charge on any atom is -0.497 e. The van der Waals surface area contributed by atoms with Crippen LogP contribution in [0.25, 0.3) is 10.9 Å². The average molecular weight is 390 g/mol. The number of para-hydroxylation sites is 1. The summed E-state index contributed by atoms with van der Waals surface area (Å²) in [5.41, 5.74) is 2.29. The van der Waals surface area contributed by atoms with Gasteiger partial charge in [-0.25, -0.2) is 9.78 Å². The second-order valence-corrected chi connectivity index (χ2v) is 6.76. The number of nitrogens with one attached hydrogen (secondary N) is 2. The predicted octanol–water partition coefficient (Wildman–Crippen LogP) is 2.36. The number of nitrogens with zero attached hydrogens (tertiary/aromatic N) is 2. The van der Waals surface area contributed by atoms with Crippen LogP contribution < -0.4 is 15.5 Å². The molecular weight excluding hydrogens is 372 g/mol. The third-order valence-electron chi connectivity index (χ3n) is 4.88. The lowest BCUT2D eigenvalue weighted by Crippen LogP contribution is -2.48. The number of amides is 4. The maximum atomic E-state index is 13.0. The van der Waals surface area contributed by atoms with Crippen LogP contribution in [0.3, 0.4) is 0 Å². The second kappa shape index (κ2) is 6.90. The number of aromatic nitrogens is 1. The van der Waals surface area contributed by atoms with Gasteiger partial charge in [0.1, 0.15) is 17.0 Å². The zero-order chi connectivity index (χ0) is 20.6. The molecule has 0 radical (unpaired) electrons. The number of ether oxygens (including phenoxy) is 1. The molecule has 2 N–H and O–H groups in total. The smallest absolute Gasteiger partial charge is 0.344 e. The fraction of sp³-hybridized carbons (Fsp3) is 0.143. The fourth-order valence-electron chi connectivity index (χ4n) is 3.22. The van der Waals surface area contributed by atoms with Crippen molar-refractivity contribution >= 4 is 28.7 Å². The molecule has 4 amide bonds. The van der Waals surface area contributed by atoms with Gasteiger partial charge in [-0.2, -0.15) is 5.01 Å². The van der Waals surface area contributed by atoms with Gasteiger partial charge < -0.3 is 10.1 Å². The minimum atomic E-state index is -1.34. The van der Waals surface area contributed by atoms with Crippen LogP contribution >= 0.6 is 0 Å².